The summed E-state index contributed by atoms with van der Waals surface area (Å²) in [5.41, 5.74) is 0. The first-order chi connectivity index (χ1) is 7.49. The molecule has 1 rings (SSSR count). The van der Waals surface area contributed by atoms with Gasteiger partial charge >= 0.3 is 5.97 Å². The number of aliphatic hydroxyl groups excluding tert-OH is 1. The SMILES string of the molecule is O=C(O)CC(O)CSc1cc(Cl)ccc1Cl. The zero-order chi connectivity index (χ0) is 12.1. The van der Waals surface area contributed by atoms with E-state index in [1.165, 1.54) is 11.8 Å². The van der Waals surface area contributed by atoms with Crippen molar-refractivity contribution in [2.45, 2.75) is 17.4 Å². The van der Waals surface area contributed by atoms with E-state index in [0.717, 1.165) is 4.90 Å². The second-order valence-electron chi connectivity index (χ2n) is 3.14. The van der Waals surface area contributed by atoms with Gasteiger partial charge in [-0.05, 0) is 18.2 Å². The Morgan fingerprint density at radius 2 is 2.12 bits per heavy atom. The lowest BCUT2D eigenvalue weighted by Gasteiger charge is -2.08. The molecular formula is C10H10Cl2O3S. The number of aliphatic hydroxyl groups is 1. The smallest absolute Gasteiger partial charge is 0.306 e. The van der Waals surface area contributed by atoms with Crippen molar-refractivity contribution >= 4 is 40.9 Å². The summed E-state index contributed by atoms with van der Waals surface area (Å²) in [6, 6.07) is 5.01. The Bertz CT molecular complexity index is 384. The maximum absolute atomic E-state index is 10.3. The number of rotatable bonds is 5. The normalized spacial score (nSPS) is 12.4. The van der Waals surface area contributed by atoms with Crippen LogP contribution in [-0.4, -0.2) is 28.0 Å². The Hall–Kier alpha value is -0.420. The van der Waals surface area contributed by atoms with Crippen LogP contribution in [0.2, 0.25) is 10.0 Å². The van der Waals surface area contributed by atoms with Gasteiger partial charge in [0.1, 0.15) is 0 Å². The summed E-state index contributed by atoms with van der Waals surface area (Å²) >= 11 is 13.0. The van der Waals surface area contributed by atoms with E-state index in [-0.39, 0.29) is 12.2 Å². The molecule has 0 aromatic heterocycles. The third-order valence-electron chi connectivity index (χ3n) is 1.73. The van der Waals surface area contributed by atoms with Crippen molar-refractivity contribution in [2.75, 3.05) is 5.75 Å². The summed E-state index contributed by atoms with van der Waals surface area (Å²) in [5.74, 6) is -0.753. The van der Waals surface area contributed by atoms with Gasteiger partial charge in [0.05, 0.1) is 17.5 Å². The van der Waals surface area contributed by atoms with Crippen molar-refractivity contribution in [2.24, 2.45) is 0 Å². The number of thioether (sulfide) groups is 1. The van der Waals surface area contributed by atoms with Crippen LogP contribution in [0.15, 0.2) is 23.1 Å². The number of carboxylic acid groups (broad SMARTS) is 1. The van der Waals surface area contributed by atoms with Crippen LogP contribution in [0.25, 0.3) is 0 Å². The molecule has 0 bridgehead atoms. The van der Waals surface area contributed by atoms with Crippen LogP contribution in [0.1, 0.15) is 6.42 Å². The Labute approximate surface area is 107 Å². The van der Waals surface area contributed by atoms with E-state index in [1.807, 2.05) is 0 Å². The molecule has 0 saturated heterocycles. The lowest BCUT2D eigenvalue weighted by Crippen LogP contribution is -2.15. The van der Waals surface area contributed by atoms with Crippen LogP contribution in [0.5, 0.6) is 0 Å². The molecule has 0 radical (unpaired) electrons. The van der Waals surface area contributed by atoms with Gasteiger partial charge in [0, 0.05) is 15.7 Å². The highest BCUT2D eigenvalue weighted by Gasteiger charge is 2.11. The van der Waals surface area contributed by atoms with E-state index in [2.05, 4.69) is 0 Å². The zero-order valence-electron chi connectivity index (χ0n) is 8.19. The van der Waals surface area contributed by atoms with E-state index >= 15 is 0 Å². The molecule has 0 heterocycles. The van der Waals surface area contributed by atoms with Crippen molar-refractivity contribution in [3.05, 3.63) is 28.2 Å². The quantitative estimate of drug-likeness (QED) is 0.815. The minimum absolute atomic E-state index is 0.270. The summed E-state index contributed by atoms with van der Waals surface area (Å²) in [6.45, 7) is 0. The van der Waals surface area contributed by atoms with E-state index < -0.39 is 12.1 Å². The molecule has 3 nitrogen and oxygen atoms in total. The monoisotopic (exact) mass is 280 g/mol. The first-order valence-electron chi connectivity index (χ1n) is 4.46. The van der Waals surface area contributed by atoms with E-state index in [0.29, 0.717) is 10.0 Å². The second-order valence-corrected chi connectivity index (χ2v) is 5.04. The number of hydrogen-bond acceptors (Lipinski definition) is 3. The summed E-state index contributed by atoms with van der Waals surface area (Å²) in [4.78, 5) is 11.1. The summed E-state index contributed by atoms with van der Waals surface area (Å²) in [6.07, 6.45) is -1.16. The van der Waals surface area contributed by atoms with Gasteiger partial charge in [-0.25, -0.2) is 0 Å². The Kier molecular flexibility index (Phi) is 5.41. The molecular weight excluding hydrogens is 271 g/mol. The Morgan fingerprint density at radius 3 is 2.75 bits per heavy atom. The molecule has 1 unspecified atom stereocenters. The van der Waals surface area contributed by atoms with Crippen molar-refractivity contribution in [1.82, 2.24) is 0 Å². The van der Waals surface area contributed by atoms with Gasteiger partial charge in [0.15, 0.2) is 0 Å². The number of halogens is 2. The lowest BCUT2D eigenvalue weighted by molar-refractivity contribution is -0.138. The molecule has 1 aromatic rings. The molecule has 1 aromatic carbocycles. The van der Waals surface area contributed by atoms with Gasteiger partial charge in [-0.3, -0.25) is 4.79 Å². The van der Waals surface area contributed by atoms with Crippen molar-refractivity contribution in [3.8, 4) is 0 Å². The predicted octanol–water partition coefficient (Wildman–Crippen LogP) is 2.92. The average Bonchev–Trinajstić information content (AvgIpc) is 2.18. The molecule has 88 valence electrons. The molecule has 6 heteroatoms. The first kappa shape index (κ1) is 13.6. The van der Waals surface area contributed by atoms with Crippen LogP contribution in [0.4, 0.5) is 0 Å². The van der Waals surface area contributed by atoms with E-state index in [4.69, 9.17) is 28.3 Å². The molecule has 0 saturated carbocycles. The van der Waals surface area contributed by atoms with Gasteiger partial charge in [-0.1, -0.05) is 23.2 Å². The van der Waals surface area contributed by atoms with Crippen LogP contribution >= 0.6 is 35.0 Å². The minimum atomic E-state index is -1.02. The third kappa shape index (κ3) is 4.61. The van der Waals surface area contributed by atoms with Crippen LogP contribution in [0, 0.1) is 0 Å². The van der Waals surface area contributed by atoms with Crippen molar-refractivity contribution in [1.29, 1.82) is 0 Å². The third-order valence-corrected chi connectivity index (χ3v) is 3.61. The van der Waals surface area contributed by atoms with Gasteiger partial charge < -0.3 is 10.2 Å². The summed E-state index contributed by atoms with van der Waals surface area (Å²) in [7, 11) is 0. The fourth-order valence-corrected chi connectivity index (χ4v) is 2.46. The van der Waals surface area contributed by atoms with Gasteiger partial charge in [-0.2, -0.15) is 0 Å². The van der Waals surface area contributed by atoms with Gasteiger partial charge in [0.2, 0.25) is 0 Å². The molecule has 0 aliphatic carbocycles. The summed E-state index contributed by atoms with van der Waals surface area (Å²) < 4.78 is 0. The summed E-state index contributed by atoms with van der Waals surface area (Å²) in [5, 5.41) is 18.9. The molecule has 0 aliphatic rings. The number of benzene rings is 1. The number of aliphatic carboxylic acids is 1. The molecule has 0 spiro atoms. The molecule has 1 atom stereocenters. The zero-order valence-corrected chi connectivity index (χ0v) is 10.5. The van der Waals surface area contributed by atoms with Crippen LogP contribution in [-0.2, 0) is 4.79 Å². The highest BCUT2D eigenvalue weighted by Crippen LogP contribution is 2.30. The second kappa shape index (κ2) is 6.35. The first-order valence-corrected chi connectivity index (χ1v) is 6.21. The largest absolute Gasteiger partial charge is 0.481 e. The standard InChI is InChI=1S/C10H10Cl2O3S/c11-6-1-2-8(12)9(3-6)16-5-7(13)4-10(14)15/h1-3,7,13H,4-5H2,(H,14,15). The maximum Gasteiger partial charge on any atom is 0.306 e. The average molecular weight is 281 g/mol. The fraction of sp³-hybridized carbons (Fsp3) is 0.300. The van der Waals surface area contributed by atoms with Crippen LogP contribution < -0.4 is 0 Å². The highest BCUT2D eigenvalue weighted by molar-refractivity contribution is 7.99. The highest BCUT2D eigenvalue weighted by atomic mass is 35.5. The topological polar surface area (TPSA) is 57.5 Å². The minimum Gasteiger partial charge on any atom is -0.481 e. The number of carboxylic acids is 1. The fourth-order valence-electron chi connectivity index (χ4n) is 1.03. The molecule has 0 amide bonds. The maximum atomic E-state index is 10.3. The lowest BCUT2D eigenvalue weighted by atomic mass is 10.3. The Balaban J connectivity index is 2.54. The number of hydrogen-bond donors (Lipinski definition) is 2. The van der Waals surface area contributed by atoms with Gasteiger partial charge in [0.25, 0.3) is 0 Å². The van der Waals surface area contributed by atoms with Crippen molar-refractivity contribution < 1.29 is 15.0 Å². The van der Waals surface area contributed by atoms with E-state index in [1.54, 1.807) is 18.2 Å². The predicted molar refractivity (Wildman–Crippen MR) is 65.4 cm³/mol. The van der Waals surface area contributed by atoms with Crippen molar-refractivity contribution in [3.63, 3.8) is 0 Å². The molecule has 2 N–H and O–H groups in total. The molecule has 16 heavy (non-hydrogen) atoms. The van der Waals surface area contributed by atoms with Crippen LogP contribution in [0.3, 0.4) is 0 Å². The molecule has 0 aliphatic heterocycles. The van der Waals surface area contributed by atoms with E-state index in [9.17, 15) is 9.90 Å². The van der Waals surface area contributed by atoms with Gasteiger partial charge in [-0.15, -0.1) is 11.8 Å². The Morgan fingerprint density at radius 1 is 1.44 bits per heavy atom. The number of carbonyl (C=O) groups is 1. The molecule has 0 fully saturated rings.